The first-order valence-corrected chi connectivity index (χ1v) is 4.54. The Balaban J connectivity index is -0.000000110. The molecule has 0 saturated carbocycles. The van der Waals surface area contributed by atoms with E-state index in [0.29, 0.717) is 5.75 Å². The van der Waals surface area contributed by atoms with E-state index >= 15 is 0 Å². The zero-order valence-electron chi connectivity index (χ0n) is 9.93. The third kappa shape index (κ3) is 15.4. The summed E-state index contributed by atoms with van der Waals surface area (Å²) in [4.78, 5) is 10.3. The molecule has 0 unspecified atom stereocenters. The molecule has 0 atom stereocenters. The molecule has 0 spiro atoms. The van der Waals surface area contributed by atoms with Crippen LogP contribution in [0.15, 0.2) is 60.7 Å². The smallest absolute Gasteiger partial charge is 1.00 e. The van der Waals surface area contributed by atoms with E-state index in [1.54, 1.807) is 24.3 Å². The van der Waals surface area contributed by atoms with Crippen LogP contribution in [-0.4, -0.2) is 5.97 Å². The molecule has 2 rings (SSSR count). The second-order valence-electron chi connectivity index (χ2n) is 2.75. The summed E-state index contributed by atoms with van der Waals surface area (Å²) in [5, 5.41) is 0. The zero-order valence-corrected chi connectivity index (χ0v) is 13.8. The van der Waals surface area contributed by atoms with Gasteiger partial charge in [-0.1, -0.05) is 18.2 Å². The number of carbonyl (C=O) groups excluding carboxylic acids is 1. The van der Waals surface area contributed by atoms with E-state index < -0.39 is 5.97 Å². The van der Waals surface area contributed by atoms with Crippen LogP contribution in [0.1, 0.15) is 0 Å². The number of ether oxygens (including phenoxy) is 1. The van der Waals surface area contributed by atoms with Crippen molar-refractivity contribution >= 4 is 5.97 Å². The maximum Gasteiger partial charge on any atom is 3.00 e. The Bertz CT molecular complexity index is 363. The monoisotopic (exact) mass is 353 g/mol. The zero-order chi connectivity index (χ0) is 10.9. The number of hydrogen-bond acceptors (Lipinski definition) is 2. The molecule has 1 radical (unpaired) electrons. The Morgan fingerprint density at radius 2 is 1.42 bits per heavy atom. The van der Waals surface area contributed by atoms with Gasteiger partial charge in [0.25, 0.3) is 0 Å². The van der Waals surface area contributed by atoms with Gasteiger partial charge in [0, 0.05) is 0 Å². The van der Waals surface area contributed by atoms with Crippen molar-refractivity contribution in [1.82, 2.24) is 0 Å². The van der Waals surface area contributed by atoms with Crippen LogP contribution in [0.4, 0.5) is 0 Å². The summed E-state index contributed by atoms with van der Waals surface area (Å²) in [6.45, 7) is 3.07. The fourth-order valence-corrected chi connectivity index (χ4v) is 0.941. The number of rotatable bonds is 1. The van der Waals surface area contributed by atoms with Crippen molar-refractivity contribution in [1.29, 1.82) is 0 Å². The van der Waals surface area contributed by atoms with Crippen molar-refractivity contribution in [3.05, 3.63) is 67.6 Å². The van der Waals surface area contributed by atoms with Crippen LogP contribution in [0.5, 0.6) is 5.75 Å². The molecule has 2 nitrogen and oxygen atoms in total. The third-order valence-corrected chi connectivity index (χ3v) is 1.53. The van der Waals surface area contributed by atoms with Gasteiger partial charge in [-0.15, -0.1) is 0 Å². The summed E-state index contributed by atoms with van der Waals surface area (Å²) >= 11 is 0. The van der Waals surface area contributed by atoms with Crippen LogP contribution in [0.2, 0.25) is 0 Å². The van der Waals surface area contributed by atoms with E-state index in [1.807, 2.05) is 36.4 Å². The molecule has 0 aliphatic carbocycles. The van der Waals surface area contributed by atoms with E-state index in [4.69, 9.17) is 0 Å². The van der Waals surface area contributed by atoms with Gasteiger partial charge in [-0.2, -0.15) is 18.2 Å². The molecule has 0 saturated heterocycles. The topological polar surface area (TPSA) is 26.3 Å². The standard InChI is InChI=1S/C8H7O2.C5H5.3ClH.Ti/c1-7(9)10-8-5-3-2-4-6-8;1-2-4-5-3-1;;;;/h2-6H,1H2;1-5H;3*1H;/q2*-1;;;;+3/p-3. The molecular formula is C13H12Cl3O2Ti-2. The molecule has 0 aliphatic heterocycles. The van der Waals surface area contributed by atoms with Crippen molar-refractivity contribution in [3.63, 3.8) is 0 Å². The first kappa shape index (κ1) is 26.9. The van der Waals surface area contributed by atoms with Crippen molar-refractivity contribution in [3.8, 4) is 5.75 Å². The van der Waals surface area contributed by atoms with E-state index in [0.717, 1.165) is 0 Å². The molecule has 6 heteroatoms. The Kier molecular flexibility index (Phi) is 24.8. The molecule has 0 bridgehead atoms. The number of halogens is 3. The van der Waals surface area contributed by atoms with Gasteiger partial charge >= 0.3 is 21.7 Å². The minimum Gasteiger partial charge on any atom is -1.00 e. The summed E-state index contributed by atoms with van der Waals surface area (Å²) in [7, 11) is 0. The summed E-state index contributed by atoms with van der Waals surface area (Å²) in [6.07, 6.45) is 0. The quantitative estimate of drug-likeness (QED) is 0.221. The molecule has 103 valence electrons. The van der Waals surface area contributed by atoms with Crippen molar-refractivity contribution in [2.24, 2.45) is 0 Å². The third-order valence-electron chi connectivity index (χ3n) is 1.53. The van der Waals surface area contributed by atoms with Gasteiger partial charge in [-0.3, -0.25) is 11.7 Å². The predicted octanol–water partition coefficient (Wildman–Crippen LogP) is -6.16. The summed E-state index contributed by atoms with van der Waals surface area (Å²) in [5.74, 6) is -0.00583. The largest absolute Gasteiger partial charge is 3.00 e. The van der Waals surface area contributed by atoms with Crippen LogP contribution >= 0.6 is 0 Å². The van der Waals surface area contributed by atoms with Gasteiger partial charge in [0.05, 0.1) is 0 Å². The molecule has 2 aromatic carbocycles. The fourth-order valence-electron chi connectivity index (χ4n) is 0.941. The van der Waals surface area contributed by atoms with E-state index in [9.17, 15) is 4.79 Å². The van der Waals surface area contributed by atoms with Crippen molar-refractivity contribution in [2.45, 2.75) is 0 Å². The summed E-state index contributed by atoms with van der Waals surface area (Å²) in [5.41, 5.74) is 0. The Hall–Kier alpha value is -0.506. The molecule has 0 aromatic heterocycles. The van der Waals surface area contributed by atoms with Crippen LogP contribution in [0, 0.1) is 6.92 Å². The van der Waals surface area contributed by atoms with E-state index in [1.165, 1.54) is 0 Å². The fraction of sp³-hybridized carbons (Fsp3) is 0. The first-order valence-electron chi connectivity index (χ1n) is 4.54. The van der Waals surface area contributed by atoms with Crippen LogP contribution in [-0.2, 0) is 26.5 Å². The average Bonchev–Trinajstić information content (AvgIpc) is 2.76. The number of para-hydroxylation sites is 1. The minimum atomic E-state index is -0.536. The Morgan fingerprint density at radius 3 is 1.74 bits per heavy atom. The van der Waals surface area contributed by atoms with Crippen LogP contribution < -0.4 is 42.0 Å². The van der Waals surface area contributed by atoms with Crippen molar-refractivity contribution < 1.29 is 68.5 Å². The molecule has 2 aromatic rings. The van der Waals surface area contributed by atoms with Gasteiger partial charge < -0.3 is 42.0 Å². The second-order valence-corrected chi connectivity index (χ2v) is 2.75. The molecule has 0 fully saturated rings. The van der Waals surface area contributed by atoms with Crippen LogP contribution in [0.25, 0.3) is 0 Å². The number of hydrogen-bond donors (Lipinski definition) is 0. The predicted molar refractivity (Wildman–Crippen MR) is 59.5 cm³/mol. The number of benzene rings is 1. The molecule has 0 aliphatic rings. The Morgan fingerprint density at radius 1 is 0.947 bits per heavy atom. The molecule has 0 heterocycles. The minimum absolute atomic E-state index is 0. The van der Waals surface area contributed by atoms with Gasteiger partial charge in [0.15, 0.2) is 5.97 Å². The molecule has 0 N–H and O–H groups in total. The number of esters is 1. The Labute approximate surface area is 147 Å². The van der Waals surface area contributed by atoms with Gasteiger partial charge in [-0.05, 0) is 12.1 Å². The maximum atomic E-state index is 10.3. The molecular weight excluding hydrogens is 342 g/mol. The summed E-state index contributed by atoms with van der Waals surface area (Å²) < 4.78 is 4.66. The maximum absolute atomic E-state index is 10.3. The second kappa shape index (κ2) is 17.5. The SMILES string of the molecule is [CH2-]C(=O)Oc1ccccc1.[Cl-].[Cl-].[Cl-].[Ti+3].c1cc[cH-]c1. The van der Waals surface area contributed by atoms with E-state index in [2.05, 4.69) is 11.7 Å². The first-order chi connectivity index (χ1) is 7.29. The van der Waals surface area contributed by atoms with Crippen molar-refractivity contribution in [2.75, 3.05) is 0 Å². The van der Waals surface area contributed by atoms with E-state index in [-0.39, 0.29) is 58.9 Å². The van der Waals surface area contributed by atoms with Gasteiger partial charge in [0.2, 0.25) is 0 Å². The normalized spacial score (nSPS) is 6.74. The van der Waals surface area contributed by atoms with Gasteiger partial charge in [-0.25, -0.2) is 12.1 Å². The average molecular weight is 354 g/mol. The molecule has 19 heavy (non-hydrogen) atoms. The summed E-state index contributed by atoms with van der Waals surface area (Å²) in [6, 6.07) is 18.8. The number of carbonyl (C=O) groups is 1. The van der Waals surface area contributed by atoms with Crippen LogP contribution in [0.3, 0.4) is 0 Å². The van der Waals surface area contributed by atoms with Gasteiger partial charge in [0.1, 0.15) is 5.75 Å². The molecule has 0 amide bonds.